The van der Waals surface area contributed by atoms with Gasteiger partial charge in [-0.3, -0.25) is 15.2 Å². The van der Waals surface area contributed by atoms with Gasteiger partial charge in [0.05, 0.1) is 5.69 Å². The van der Waals surface area contributed by atoms with Gasteiger partial charge in [0.15, 0.2) is 0 Å². The third-order valence-corrected chi connectivity index (χ3v) is 3.57. The highest BCUT2D eigenvalue weighted by Crippen LogP contribution is 2.17. The Morgan fingerprint density at radius 1 is 1.40 bits per heavy atom. The first-order valence-electron chi connectivity index (χ1n) is 6.27. The Bertz CT molecular complexity index is 606. The molecule has 1 amide bonds. The van der Waals surface area contributed by atoms with Crippen molar-refractivity contribution in [2.45, 2.75) is 26.4 Å². The Balaban J connectivity index is 2.12. The molecule has 20 heavy (non-hydrogen) atoms. The van der Waals surface area contributed by atoms with Gasteiger partial charge in [-0.2, -0.15) is 5.10 Å². The molecule has 1 aromatic carbocycles. The van der Waals surface area contributed by atoms with Gasteiger partial charge in [0.2, 0.25) is 5.91 Å². The van der Waals surface area contributed by atoms with E-state index in [4.69, 9.17) is 17.3 Å². The van der Waals surface area contributed by atoms with E-state index in [1.807, 2.05) is 13.8 Å². The number of aromatic amines is 1. The van der Waals surface area contributed by atoms with Crippen molar-refractivity contribution >= 4 is 17.5 Å². The van der Waals surface area contributed by atoms with E-state index in [1.165, 1.54) is 0 Å². The summed E-state index contributed by atoms with van der Waals surface area (Å²) in [7, 11) is 0. The maximum atomic E-state index is 11.6. The standard InChI is InChI=1S/C14H17ClN4O/c1-8-9(2)18-19-12(8)7-17-13(14(16)20)10-3-5-11(15)6-4-10/h3-6,13,17H,7H2,1-2H3,(H2,16,20)(H,18,19). The van der Waals surface area contributed by atoms with Gasteiger partial charge in [-0.15, -0.1) is 0 Å². The maximum Gasteiger partial charge on any atom is 0.239 e. The molecule has 1 aromatic heterocycles. The number of carbonyl (C=O) groups is 1. The van der Waals surface area contributed by atoms with Crippen molar-refractivity contribution in [1.29, 1.82) is 0 Å². The average Bonchev–Trinajstić information content (AvgIpc) is 2.72. The fraction of sp³-hybridized carbons (Fsp3) is 0.286. The number of hydrogen-bond donors (Lipinski definition) is 3. The summed E-state index contributed by atoms with van der Waals surface area (Å²) in [5.74, 6) is -0.433. The molecule has 2 rings (SSSR count). The van der Waals surface area contributed by atoms with E-state index in [2.05, 4.69) is 15.5 Å². The van der Waals surface area contributed by atoms with Crippen molar-refractivity contribution in [2.24, 2.45) is 5.73 Å². The van der Waals surface area contributed by atoms with Crippen molar-refractivity contribution in [1.82, 2.24) is 15.5 Å². The number of nitrogens with one attached hydrogen (secondary N) is 2. The van der Waals surface area contributed by atoms with E-state index >= 15 is 0 Å². The molecule has 5 nitrogen and oxygen atoms in total. The molecule has 0 saturated carbocycles. The van der Waals surface area contributed by atoms with Crippen LogP contribution in [0.1, 0.15) is 28.6 Å². The molecule has 0 aliphatic rings. The predicted molar refractivity (Wildman–Crippen MR) is 78.3 cm³/mol. The van der Waals surface area contributed by atoms with Crippen LogP contribution in [-0.2, 0) is 11.3 Å². The zero-order chi connectivity index (χ0) is 14.7. The first kappa shape index (κ1) is 14.6. The number of hydrogen-bond acceptors (Lipinski definition) is 3. The molecular weight excluding hydrogens is 276 g/mol. The highest BCUT2D eigenvalue weighted by molar-refractivity contribution is 6.30. The van der Waals surface area contributed by atoms with E-state index in [9.17, 15) is 4.79 Å². The van der Waals surface area contributed by atoms with Crippen molar-refractivity contribution in [3.05, 3.63) is 51.8 Å². The van der Waals surface area contributed by atoms with Crippen LogP contribution in [0.3, 0.4) is 0 Å². The Kier molecular flexibility index (Phi) is 4.42. The topological polar surface area (TPSA) is 83.8 Å². The molecule has 0 bridgehead atoms. The van der Waals surface area contributed by atoms with Crippen LogP contribution in [0.2, 0.25) is 5.02 Å². The van der Waals surface area contributed by atoms with Crippen molar-refractivity contribution in [2.75, 3.05) is 0 Å². The van der Waals surface area contributed by atoms with Crippen molar-refractivity contribution in [3.8, 4) is 0 Å². The number of halogens is 1. The number of amides is 1. The monoisotopic (exact) mass is 292 g/mol. The normalized spacial score (nSPS) is 12.3. The number of primary amides is 1. The lowest BCUT2D eigenvalue weighted by molar-refractivity contribution is -0.120. The highest BCUT2D eigenvalue weighted by Gasteiger charge is 2.18. The second-order valence-corrected chi connectivity index (χ2v) is 5.12. The summed E-state index contributed by atoms with van der Waals surface area (Å²) in [6.07, 6.45) is 0. The molecule has 1 heterocycles. The van der Waals surface area contributed by atoms with Gasteiger partial charge >= 0.3 is 0 Å². The number of carbonyl (C=O) groups excluding carboxylic acids is 1. The minimum absolute atomic E-state index is 0.433. The third kappa shape index (κ3) is 3.18. The van der Waals surface area contributed by atoms with Gasteiger partial charge in [-0.1, -0.05) is 23.7 Å². The predicted octanol–water partition coefficient (Wildman–Crippen LogP) is 2.00. The number of nitrogens with two attached hydrogens (primary N) is 1. The quantitative estimate of drug-likeness (QED) is 0.788. The molecule has 106 valence electrons. The fourth-order valence-electron chi connectivity index (χ4n) is 1.94. The van der Waals surface area contributed by atoms with Gasteiger partial charge in [-0.25, -0.2) is 0 Å². The van der Waals surface area contributed by atoms with Gasteiger partial charge in [0, 0.05) is 17.3 Å². The molecule has 0 saturated heterocycles. The molecule has 1 unspecified atom stereocenters. The Morgan fingerprint density at radius 2 is 2.05 bits per heavy atom. The zero-order valence-corrected chi connectivity index (χ0v) is 12.2. The Labute approximate surface area is 122 Å². The lowest BCUT2D eigenvalue weighted by atomic mass is 10.1. The van der Waals surface area contributed by atoms with Crippen LogP contribution >= 0.6 is 11.6 Å². The van der Waals surface area contributed by atoms with E-state index in [-0.39, 0.29) is 0 Å². The average molecular weight is 293 g/mol. The van der Waals surface area contributed by atoms with Crippen molar-refractivity contribution < 1.29 is 4.79 Å². The summed E-state index contributed by atoms with van der Waals surface area (Å²) in [5, 5.41) is 10.9. The molecule has 6 heteroatoms. The minimum atomic E-state index is -0.566. The first-order chi connectivity index (χ1) is 9.49. The lowest BCUT2D eigenvalue weighted by Crippen LogP contribution is -2.33. The molecule has 2 aromatic rings. The molecule has 0 spiro atoms. The van der Waals surface area contributed by atoms with Crippen LogP contribution in [-0.4, -0.2) is 16.1 Å². The van der Waals surface area contributed by atoms with Gasteiger partial charge in [-0.05, 0) is 37.1 Å². The van der Waals surface area contributed by atoms with E-state index in [0.29, 0.717) is 11.6 Å². The number of nitrogens with zero attached hydrogens (tertiary/aromatic N) is 1. The Morgan fingerprint density at radius 3 is 2.55 bits per heavy atom. The number of benzene rings is 1. The van der Waals surface area contributed by atoms with Gasteiger partial charge in [0.1, 0.15) is 6.04 Å². The Hall–Kier alpha value is -1.85. The number of aryl methyl sites for hydroxylation is 1. The summed E-state index contributed by atoms with van der Waals surface area (Å²) in [6.45, 7) is 4.40. The van der Waals surface area contributed by atoms with Crippen LogP contribution in [0.4, 0.5) is 0 Å². The fourth-order valence-corrected chi connectivity index (χ4v) is 2.07. The summed E-state index contributed by atoms with van der Waals surface area (Å²) in [6, 6.07) is 6.47. The summed E-state index contributed by atoms with van der Waals surface area (Å²) >= 11 is 5.84. The van der Waals surface area contributed by atoms with Crippen LogP contribution < -0.4 is 11.1 Å². The maximum absolute atomic E-state index is 11.6. The van der Waals surface area contributed by atoms with Crippen LogP contribution in [0.5, 0.6) is 0 Å². The number of aromatic nitrogens is 2. The third-order valence-electron chi connectivity index (χ3n) is 3.32. The van der Waals surface area contributed by atoms with E-state index < -0.39 is 11.9 Å². The summed E-state index contributed by atoms with van der Waals surface area (Å²) in [5.41, 5.74) is 9.21. The smallest absolute Gasteiger partial charge is 0.239 e. The van der Waals surface area contributed by atoms with Crippen molar-refractivity contribution in [3.63, 3.8) is 0 Å². The van der Waals surface area contributed by atoms with Crippen LogP contribution in [0.15, 0.2) is 24.3 Å². The van der Waals surface area contributed by atoms with Crippen LogP contribution in [0, 0.1) is 13.8 Å². The molecule has 0 aliphatic carbocycles. The van der Waals surface area contributed by atoms with E-state index in [0.717, 1.165) is 22.5 Å². The van der Waals surface area contributed by atoms with Crippen LogP contribution in [0.25, 0.3) is 0 Å². The molecular formula is C14H17ClN4O. The van der Waals surface area contributed by atoms with Gasteiger partial charge in [0.25, 0.3) is 0 Å². The SMILES string of the molecule is Cc1[nH]nc(CNC(C(N)=O)c2ccc(Cl)cc2)c1C. The lowest BCUT2D eigenvalue weighted by Gasteiger charge is -2.15. The highest BCUT2D eigenvalue weighted by atomic mass is 35.5. The van der Waals surface area contributed by atoms with E-state index in [1.54, 1.807) is 24.3 Å². The molecule has 0 aliphatic heterocycles. The minimum Gasteiger partial charge on any atom is -0.368 e. The first-order valence-corrected chi connectivity index (χ1v) is 6.65. The van der Waals surface area contributed by atoms with Gasteiger partial charge < -0.3 is 5.73 Å². The number of H-pyrrole nitrogens is 1. The summed E-state index contributed by atoms with van der Waals surface area (Å²) in [4.78, 5) is 11.6. The molecule has 1 atom stereocenters. The second-order valence-electron chi connectivity index (χ2n) is 4.69. The molecule has 4 N–H and O–H groups in total. The largest absolute Gasteiger partial charge is 0.368 e. The summed E-state index contributed by atoms with van der Waals surface area (Å²) < 4.78 is 0. The zero-order valence-electron chi connectivity index (χ0n) is 11.4. The number of rotatable bonds is 5. The molecule has 0 fully saturated rings. The molecule has 0 radical (unpaired) electrons. The second kappa shape index (κ2) is 6.07.